The van der Waals surface area contributed by atoms with Crippen LogP contribution < -0.4 is 5.32 Å². The van der Waals surface area contributed by atoms with E-state index in [-0.39, 0.29) is 12.6 Å². The Morgan fingerprint density at radius 3 is 2.71 bits per heavy atom. The van der Waals surface area contributed by atoms with Crippen molar-refractivity contribution >= 4 is 34.3 Å². The highest BCUT2D eigenvalue weighted by Crippen LogP contribution is 2.32. The van der Waals surface area contributed by atoms with Crippen molar-refractivity contribution in [1.82, 2.24) is 19.5 Å². The summed E-state index contributed by atoms with van der Waals surface area (Å²) in [6.07, 6.45) is 2.00. The number of para-hydroxylation sites is 1. The molecule has 0 spiro atoms. The second-order valence-corrected chi connectivity index (χ2v) is 8.00. The molecule has 0 amide bonds. The number of fused-ring (bicyclic) bond motifs is 1. The summed E-state index contributed by atoms with van der Waals surface area (Å²) in [6.45, 7) is 5.96. The van der Waals surface area contributed by atoms with E-state index in [0.29, 0.717) is 39.7 Å². The van der Waals surface area contributed by atoms with Crippen molar-refractivity contribution in [3.63, 3.8) is 0 Å². The second kappa shape index (κ2) is 8.61. The van der Waals surface area contributed by atoms with Gasteiger partial charge in [-0.05, 0) is 51.0 Å². The maximum absolute atomic E-state index is 14.9. The Balaban J connectivity index is 1.79. The molecule has 2 heterocycles. The molecule has 6 nitrogen and oxygen atoms in total. The Morgan fingerprint density at radius 2 is 1.97 bits per heavy atom. The fourth-order valence-corrected chi connectivity index (χ4v) is 3.99. The summed E-state index contributed by atoms with van der Waals surface area (Å²) in [5.41, 5.74) is 3.73. The van der Waals surface area contributed by atoms with Crippen molar-refractivity contribution in [3.05, 3.63) is 64.8 Å². The molecule has 8 heteroatoms. The van der Waals surface area contributed by atoms with E-state index in [1.807, 2.05) is 55.7 Å². The lowest BCUT2D eigenvalue weighted by molar-refractivity contribution is 0.300. The highest BCUT2D eigenvalue weighted by molar-refractivity contribution is 6.33. The summed E-state index contributed by atoms with van der Waals surface area (Å²) in [7, 11) is 0. The number of benzene rings is 2. The number of hydrogen-bond donors (Lipinski definition) is 2. The van der Waals surface area contributed by atoms with Gasteiger partial charge in [0.2, 0.25) is 5.95 Å². The number of halogens is 2. The van der Waals surface area contributed by atoms with Crippen LogP contribution in [-0.2, 0) is 6.42 Å². The Kier molecular flexibility index (Phi) is 5.89. The fraction of sp³-hybridized carbons (Fsp3) is 0.261. The minimum Gasteiger partial charge on any atom is -0.396 e. The molecule has 4 aromatic rings. The van der Waals surface area contributed by atoms with E-state index in [0.717, 1.165) is 17.1 Å². The van der Waals surface area contributed by atoms with Crippen LogP contribution in [0.5, 0.6) is 0 Å². The summed E-state index contributed by atoms with van der Waals surface area (Å²) in [6, 6.07) is 11.0. The minimum atomic E-state index is -0.424. The van der Waals surface area contributed by atoms with Crippen molar-refractivity contribution < 1.29 is 9.50 Å². The lowest BCUT2D eigenvalue weighted by atomic mass is 10.1. The zero-order chi connectivity index (χ0) is 22.1. The van der Waals surface area contributed by atoms with Crippen molar-refractivity contribution in [1.29, 1.82) is 0 Å². The number of rotatable bonds is 6. The van der Waals surface area contributed by atoms with Gasteiger partial charge in [0, 0.05) is 23.9 Å². The van der Waals surface area contributed by atoms with E-state index in [4.69, 9.17) is 11.6 Å². The largest absolute Gasteiger partial charge is 0.396 e. The maximum Gasteiger partial charge on any atom is 0.227 e. The first kappa shape index (κ1) is 21.2. The molecule has 160 valence electrons. The molecule has 0 aliphatic carbocycles. The molecule has 0 unspecified atom stereocenters. The van der Waals surface area contributed by atoms with Gasteiger partial charge in [0.1, 0.15) is 11.3 Å². The molecular formula is C23H23ClFN5O. The van der Waals surface area contributed by atoms with E-state index in [1.165, 1.54) is 12.3 Å². The number of nitrogens with one attached hydrogen (secondary N) is 1. The monoisotopic (exact) mass is 439 g/mol. The van der Waals surface area contributed by atoms with Crippen LogP contribution in [0.15, 0.2) is 42.6 Å². The standard InChI is InChI=1S/C23H23ClFN5O/c1-13(2)30-14(3)27-22-18(25)10-16(11-20(22)30)21-17(24)12-26-23(29-21)28-19-7-5-4-6-15(19)8-9-31/h4-7,10-13,31H,8-9H2,1-3H3,(H,26,28,29). The molecular weight excluding hydrogens is 417 g/mol. The SMILES string of the molecule is Cc1nc2c(F)cc(-c3nc(Nc4ccccc4CCO)ncc3Cl)cc2n1C(C)C. The molecule has 0 bridgehead atoms. The predicted octanol–water partition coefficient (Wildman–Crippen LogP) is 5.45. The van der Waals surface area contributed by atoms with Gasteiger partial charge in [-0.2, -0.15) is 0 Å². The Labute approximate surface area is 184 Å². The van der Waals surface area contributed by atoms with E-state index in [9.17, 15) is 9.50 Å². The Bertz CT molecular complexity index is 1250. The van der Waals surface area contributed by atoms with Crippen molar-refractivity contribution in [2.75, 3.05) is 11.9 Å². The molecule has 0 saturated carbocycles. The Hall–Kier alpha value is -3.03. The number of aliphatic hydroxyl groups is 1. The lowest BCUT2D eigenvalue weighted by Crippen LogP contribution is -2.04. The summed E-state index contributed by atoms with van der Waals surface area (Å²) < 4.78 is 16.9. The van der Waals surface area contributed by atoms with Crippen LogP contribution in [0.3, 0.4) is 0 Å². The third kappa shape index (κ3) is 4.11. The van der Waals surface area contributed by atoms with Gasteiger partial charge < -0.3 is 15.0 Å². The van der Waals surface area contributed by atoms with Crippen LogP contribution in [0, 0.1) is 12.7 Å². The smallest absolute Gasteiger partial charge is 0.227 e. The van der Waals surface area contributed by atoms with Crippen LogP contribution in [-0.4, -0.2) is 31.2 Å². The first-order valence-corrected chi connectivity index (χ1v) is 10.4. The quantitative estimate of drug-likeness (QED) is 0.417. The van der Waals surface area contributed by atoms with Crippen LogP contribution in [0.1, 0.15) is 31.3 Å². The van der Waals surface area contributed by atoms with Crippen LogP contribution in [0.4, 0.5) is 16.0 Å². The average Bonchev–Trinajstić information content (AvgIpc) is 3.07. The third-order valence-electron chi connectivity index (χ3n) is 5.10. The third-order valence-corrected chi connectivity index (χ3v) is 5.38. The zero-order valence-corrected chi connectivity index (χ0v) is 18.3. The summed E-state index contributed by atoms with van der Waals surface area (Å²) in [5.74, 6) is 0.656. The van der Waals surface area contributed by atoms with Gasteiger partial charge in [-0.1, -0.05) is 29.8 Å². The first-order chi connectivity index (χ1) is 14.9. The number of aryl methyl sites for hydroxylation is 1. The molecule has 31 heavy (non-hydrogen) atoms. The minimum absolute atomic E-state index is 0.0354. The lowest BCUT2D eigenvalue weighted by Gasteiger charge is -2.13. The molecule has 4 rings (SSSR count). The molecule has 0 fully saturated rings. The van der Waals surface area contributed by atoms with Gasteiger partial charge in [-0.25, -0.2) is 19.3 Å². The molecule has 2 aromatic heterocycles. The molecule has 0 aliphatic heterocycles. The number of aromatic nitrogens is 4. The molecule has 0 radical (unpaired) electrons. The average molecular weight is 440 g/mol. The van der Waals surface area contributed by atoms with Gasteiger partial charge >= 0.3 is 0 Å². The maximum atomic E-state index is 14.9. The van der Waals surface area contributed by atoms with Crippen LogP contribution in [0.25, 0.3) is 22.3 Å². The van der Waals surface area contributed by atoms with Crippen molar-refractivity contribution in [2.24, 2.45) is 0 Å². The van der Waals surface area contributed by atoms with E-state index < -0.39 is 5.82 Å². The van der Waals surface area contributed by atoms with Crippen LogP contribution in [0.2, 0.25) is 5.02 Å². The summed E-state index contributed by atoms with van der Waals surface area (Å²) in [4.78, 5) is 13.2. The number of hydrogen-bond acceptors (Lipinski definition) is 5. The number of imidazole rings is 1. The molecule has 0 atom stereocenters. The highest BCUT2D eigenvalue weighted by atomic mass is 35.5. The Morgan fingerprint density at radius 1 is 1.19 bits per heavy atom. The van der Waals surface area contributed by atoms with E-state index in [2.05, 4.69) is 20.3 Å². The van der Waals surface area contributed by atoms with Gasteiger partial charge in [-0.3, -0.25) is 0 Å². The van der Waals surface area contributed by atoms with Gasteiger partial charge in [0.15, 0.2) is 5.82 Å². The molecule has 0 aliphatic rings. The van der Waals surface area contributed by atoms with E-state index >= 15 is 0 Å². The normalized spacial score (nSPS) is 11.5. The molecule has 2 N–H and O–H groups in total. The number of nitrogens with zero attached hydrogens (tertiary/aromatic N) is 4. The van der Waals surface area contributed by atoms with E-state index in [1.54, 1.807) is 0 Å². The predicted molar refractivity (Wildman–Crippen MR) is 121 cm³/mol. The van der Waals surface area contributed by atoms with Gasteiger partial charge in [-0.15, -0.1) is 0 Å². The van der Waals surface area contributed by atoms with Gasteiger partial charge in [0.25, 0.3) is 0 Å². The molecule has 0 saturated heterocycles. The fourth-order valence-electron chi connectivity index (χ4n) is 3.79. The number of aliphatic hydroxyl groups excluding tert-OH is 1. The van der Waals surface area contributed by atoms with Crippen molar-refractivity contribution in [3.8, 4) is 11.3 Å². The summed E-state index contributed by atoms with van der Waals surface area (Å²) >= 11 is 6.40. The highest BCUT2D eigenvalue weighted by Gasteiger charge is 2.18. The second-order valence-electron chi connectivity index (χ2n) is 7.59. The summed E-state index contributed by atoms with van der Waals surface area (Å²) in [5, 5.41) is 12.8. The topological polar surface area (TPSA) is 75.9 Å². The zero-order valence-electron chi connectivity index (χ0n) is 17.5. The van der Waals surface area contributed by atoms with Crippen LogP contribution >= 0.6 is 11.6 Å². The number of anilines is 2. The molecule has 2 aromatic carbocycles. The first-order valence-electron chi connectivity index (χ1n) is 10.1. The van der Waals surface area contributed by atoms with Crippen molar-refractivity contribution in [2.45, 2.75) is 33.2 Å². The van der Waals surface area contributed by atoms with Gasteiger partial charge in [0.05, 0.1) is 22.4 Å².